The Morgan fingerprint density at radius 1 is 1.55 bits per heavy atom. The second-order valence-corrected chi connectivity index (χ2v) is 6.34. The van der Waals surface area contributed by atoms with E-state index in [9.17, 15) is 18.0 Å². The monoisotopic (exact) mass is 357 g/mol. The van der Waals surface area contributed by atoms with Crippen molar-refractivity contribution in [1.82, 2.24) is 15.2 Å². The highest BCUT2D eigenvalue weighted by Gasteiger charge is 2.34. The summed E-state index contributed by atoms with van der Waals surface area (Å²) in [4.78, 5) is 17.3. The van der Waals surface area contributed by atoms with E-state index in [2.05, 4.69) is 10.3 Å². The number of amides is 1. The smallest absolute Gasteiger partial charge is 0.339 e. The Hall–Kier alpha value is -0.860. The van der Waals surface area contributed by atoms with Crippen molar-refractivity contribution < 1.29 is 18.0 Å². The number of nitrogens with one attached hydrogen (secondary N) is 1. The predicted octanol–water partition coefficient (Wildman–Crippen LogP) is 2.93. The Morgan fingerprint density at radius 2 is 2.23 bits per heavy atom. The quantitative estimate of drug-likeness (QED) is 0.904. The zero-order valence-corrected chi connectivity index (χ0v) is 13.9. The van der Waals surface area contributed by atoms with Gasteiger partial charge in [0.05, 0.1) is 6.54 Å². The molecule has 22 heavy (non-hydrogen) atoms. The van der Waals surface area contributed by atoms with Gasteiger partial charge in [0.2, 0.25) is 5.91 Å². The van der Waals surface area contributed by atoms with Gasteiger partial charge in [0, 0.05) is 24.4 Å². The number of carbonyl (C=O) groups excluding carboxylic acids is 1. The number of halogens is 4. The van der Waals surface area contributed by atoms with Crippen molar-refractivity contribution in [3.8, 4) is 0 Å². The van der Waals surface area contributed by atoms with Crippen LogP contribution in [0, 0.1) is 5.92 Å². The van der Waals surface area contributed by atoms with E-state index in [-0.39, 0.29) is 36.8 Å². The lowest BCUT2D eigenvalue weighted by molar-refractivity contribution is -0.140. The van der Waals surface area contributed by atoms with E-state index in [1.807, 2.05) is 6.92 Å². The normalized spacial score (nSPS) is 22.0. The lowest BCUT2D eigenvalue weighted by Crippen LogP contribution is -2.42. The first-order valence-corrected chi connectivity index (χ1v) is 7.65. The Morgan fingerprint density at radius 3 is 2.77 bits per heavy atom. The summed E-state index contributed by atoms with van der Waals surface area (Å²) in [5, 5.41) is 4.56. The van der Waals surface area contributed by atoms with Gasteiger partial charge in [-0.3, -0.25) is 4.79 Å². The molecule has 1 saturated heterocycles. The Bertz CT molecular complexity index is 509. The van der Waals surface area contributed by atoms with Crippen LogP contribution < -0.4 is 5.32 Å². The van der Waals surface area contributed by atoms with Gasteiger partial charge in [-0.25, -0.2) is 4.98 Å². The van der Waals surface area contributed by atoms with Crippen molar-refractivity contribution in [3.63, 3.8) is 0 Å². The number of aromatic nitrogens is 1. The SMILES string of the molecule is C[C@H]1C[C@@H](C(=O)N(C)Cc2nc(C(F)(F)F)cs2)CCN1.Cl. The molecule has 0 spiro atoms. The van der Waals surface area contributed by atoms with Crippen molar-refractivity contribution >= 4 is 29.7 Å². The standard InChI is InChI=1S/C13H18F3N3OS.ClH/c1-8-5-9(3-4-17-8)12(20)19(2)6-11-18-10(7-21-11)13(14,15)16;/h7-9,17H,3-6H2,1-2H3;1H/t8-,9-;/m0./s1. The van der Waals surface area contributed by atoms with Crippen molar-refractivity contribution in [2.24, 2.45) is 5.92 Å². The van der Waals surface area contributed by atoms with E-state index in [1.54, 1.807) is 7.05 Å². The highest BCUT2D eigenvalue weighted by Crippen LogP contribution is 2.30. The average Bonchev–Trinajstić information content (AvgIpc) is 2.86. The van der Waals surface area contributed by atoms with Crippen LogP contribution in [0.3, 0.4) is 0 Å². The molecular weight excluding hydrogens is 339 g/mol. The third-order valence-corrected chi connectivity index (χ3v) is 4.40. The van der Waals surface area contributed by atoms with E-state index in [0.717, 1.165) is 36.1 Å². The van der Waals surface area contributed by atoms with E-state index in [1.165, 1.54) is 4.90 Å². The fourth-order valence-corrected chi connectivity index (χ4v) is 3.32. The van der Waals surface area contributed by atoms with Gasteiger partial charge in [-0.05, 0) is 26.3 Å². The summed E-state index contributed by atoms with van der Waals surface area (Å²) in [7, 11) is 1.61. The first kappa shape index (κ1) is 19.2. The maximum atomic E-state index is 12.5. The molecule has 1 aliphatic heterocycles. The number of hydrogen-bond acceptors (Lipinski definition) is 4. The lowest BCUT2D eigenvalue weighted by Gasteiger charge is -2.30. The van der Waals surface area contributed by atoms with Crippen molar-refractivity contribution in [1.29, 1.82) is 0 Å². The highest BCUT2D eigenvalue weighted by molar-refractivity contribution is 7.09. The van der Waals surface area contributed by atoms with Gasteiger partial charge >= 0.3 is 6.18 Å². The van der Waals surface area contributed by atoms with Crippen LogP contribution in [0.4, 0.5) is 13.2 Å². The molecule has 1 N–H and O–H groups in total. The molecule has 0 aliphatic carbocycles. The molecule has 0 aromatic carbocycles. The number of piperidine rings is 1. The number of hydrogen-bond donors (Lipinski definition) is 1. The topological polar surface area (TPSA) is 45.2 Å². The maximum Gasteiger partial charge on any atom is 0.434 e. The molecule has 1 aromatic heterocycles. The fraction of sp³-hybridized carbons (Fsp3) is 0.692. The second kappa shape index (κ2) is 7.61. The molecular formula is C13H19ClF3N3OS. The molecule has 2 atom stereocenters. The zero-order valence-electron chi connectivity index (χ0n) is 12.3. The molecule has 2 heterocycles. The number of alkyl halides is 3. The molecule has 9 heteroatoms. The molecule has 1 fully saturated rings. The van der Waals surface area contributed by atoms with Crippen LogP contribution >= 0.6 is 23.7 Å². The molecule has 0 bridgehead atoms. The predicted molar refractivity (Wildman–Crippen MR) is 81.0 cm³/mol. The molecule has 1 aromatic rings. The van der Waals surface area contributed by atoms with E-state index in [4.69, 9.17) is 0 Å². The largest absolute Gasteiger partial charge is 0.434 e. The number of nitrogens with zero attached hydrogens (tertiary/aromatic N) is 2. The highest BCUT2D eigenvalue weighted by atomic mass is 35.5. The molecule has 4 nitrogen and oxygen atoms in total. The summed E-state index contributed by atoms with van der Waals surface area (Å²) in [5.74, 6) is -0.0830. The third kappa shape index (κ3) is 4.82. The van der Waals surface area contributed by atoms with Crippen molar-refractivity contribution in [2.45, 2.75) is 38.5 Å². The van der Waals surface area contributed by atoms with Crippen molar-refractivity contribution in [2.75, 3.05) is 13.6 Å². The summed E-state index contributed by atoms with van der Waals surface area (Å²) < 4.78 is 37.5. The number of rotatable bonds is 3. The summed E-state index contributed by atoms with van der Waals surface area (Å²) in [5.41, 5.74) is -0.890. The molecule has 1 aliphatic rings. The Labute approximate surface area is 137 Å². The van der Waals surface area contributed by atoms with Gasteiger partial charge < -0.3 is 10.2 Å². The summed E-state index contributed by atoms with van der Waals surface area (Å²) in [6, 6.07) is 0.290. The minimum absolute atomic E-state index is 0. The van der Waals surface area contributed by atoms with Crippen LogP contribution in [-0.4, -0.2) is 35.4 Å². The van der Waals surface area contributed by atoms with Gasteiger partial charge in [0.1, 0.15) is 5.01 Å². The van der Waals surface area contributed by atoms with Crippen LogP contribution in [0.5, 0.6) is 0 Å². The molecule has 126 valence electrons. The Balaban J connectivity index is 0.00000242. The summed E-state index contributed by atoms with van der Waals surface area (Å²) in [6.45, 7) is 2.94. The second-order valence-electron chi connectivity index (χ2n) is 5.40. The van der Waals surface area contributed by atoms with E-state index < -0.39 is 11.9 Å². The molecule has 0 unspecified atom stereocenters. The molecule has 0 radical (unpaired) electrons. The Kier molecular flexibility index (Phi) is 6.64. The zero-order chi connectivity index (χ0) is 15.6. The minimum atomic E-state index is -4.43. The van der Waals surface area contributed by atoms with Gasteiger partial charge in [0.25, 0.3) is 0 Å². The third-order valence-electron chi connectivity index (χ3n) is 3.56. The number of carbonyl (C=O) groups is 1. The minimum Gasteiger partial charge on any atom is -0.339 e. The maximum absolute atomic E-state index is 12.5. The first-order valence-electron chi connectivity index (χ1n) is 6.77. The van der Waals surface area contributed by atoms with Crippen LogP contribution in [0.15, 0.2) is 5.38 Å². The lowest BCUT2D eigenvalue weighted by atomic mass is 9.92. The van der Waals surface area contributed by atoms with Crippen LogP contribution in [0.2, 0.25) is 0 Å². The first-order chi connectivity index (χ1) is 9.77. The van der Waals surface area contributed by atoms with Gasteiger partial charge in [0.15, 0.2) is 5.69 Å². The van der Waals surface area contributed by atoms with Crippen molar-refractivity contribution in [3.05, 3.63) is 16.1 Å². The van der Waals surface area contributed by atoms with E-state index >= 15 is 0 Å². The molecule has 2 rings (SSSR count). The van der Waals surface area contributed by atoms with E-state index in [0.29, 0.717) is 5.01 Å². The van der Waals surface area contributed by atoms with Crippen LogP contribution in [0.25, 0.3) is 0 Å². The van der Waals surface area contributed by atoms with Gasteiger partial charge in [-0.15, -0.1) is 23.7 Å². The summed E-state index contributed by atoms with van der Waals surface area (Å²) in [6.07, 6.45) is -2.91. The fourth-order valence-electron chi connectivity index (χ4n) is 2.46. The molecule has 0 saturated carbocycles. The summed E-state index contributed by atoms with van der Waals surface area (Å²) >= 11 is 0.932. The van der Waals surface area contributed by atoms with Crippen LogP contribution in [0.1, 0.15) is 30.5 Å². The van der Waals surface area contributed by atoms with Crippen LogP contribution in [-0.2, 0) is 17.5 Å². The average molecular weight is 358 g/mol. The van der Waals surface area contributed by atoms with Gasteiger partial charge in [-0.1, -0.05) is 0 Å². The number of thiazole rings is 1. The molecule has 1 amide bonds. The van der Waals surface area contributed by atoms with Gasteiger partial charge in [-0.2, -0.15) is 13.2 Å².